The molecule has 0 radical (unpaired) electrons. The van der Waals surface area contributed by atoms with Crippen molar-refractivity contribution in [3.8, 4) is 0 Å². The third kappa shape index (κ3) is 2.09. The van der Waals surface area contributed by atoms with Crippen molar-refractivity contribution in [2.24, 2.45) is 0 Å². The minimum atomic E-state index is -1.15. The molecule has 1 aliphatic rings. The van der Waals surface area contributed by atoms with Crippen molar-refractivity contribution in [3.63, 3.8) is 0 Å². The van der Waals surface area contributed by atoms with Crippen molar-refractivity contribution in [1.29, 1.82) is 0 Å². The fourth-order valence-electron chi connectivity index (χ4n) is 2.28. The van der Waals surface area contributed by atoms with Gasteiger partial charge in [-0.25, -0.2) is 4.79 Å². The van der Waals surface area contributed by atoms with Crippen molar-refractivity contribution >= 4 is 5.97 Å². The van der Waals surface area contributed by atoms with Gasteiger partial charge in [-0.2, -0.15) is 0 Å². The van der Waals surface area contributed by atoms with Crippen LogP contribution in [-0.4, -0.2) is 52.2 Å². The molecule has 1 aromatic heterocycles. The number of aromatic nitrogens is 2. The third-order valence-corrected chi connectivity index (χ3v) is 3.40. The summed E-state index contributed by atoms with van der Waals surface area (Å²) in [6.07, 6.45) is 3.10. The number of hydrogen-bond acceptors (Lipinski definition) is 5. The van der Waals surface area contributed by atoms with Crippen LogP contribution < -0.4 is 0 Å². The summed E-state index contributed by atoms with van der Waals surface area (Å²) in [4.78, 5) is 22.0. The van der Waals surface area contributed by atoms with Crippen LogP contribution in [0.1, 0.15) is 18.3 Å². The zero-order valence-electron chi connectivity index (χ0n) is 10.6. The third-order valence-electron chi connectivity index (χ3n) is 3.40. The van der Waals surface area contributed by atoms with Gasteiger partial charge in [0.15, 0.2) is 5.54 Å². The van der Waals surface area contributed by atoms with Gasteiger partial charge in [0.1, 0.15) is 0 Å². The van der Waals surface area contributed by atoms with Gasteiger partial charge < -0.3 is 9.84 Å². The summed E-state index contributed by atoms with van der Waals surface area (Å²) in [5, 5.41) is 9.61. The summed E-state index contributed by atoms with van der Waals surface area (Å²) in [5.74, 6) is -0.909. The first-order chi connectivity index (χ1) is 8.56. The van der Waals surface area contributed by atoms with E-state index in [1.54, 1.807) is 20.0 Å². The number of aliphatic carboxylic acids is 1. The summed E-state index contributed by atoms with van der Waals surface area (Å²) in [7, 11) is 0. The van der Waals surface area contributed by atoms with E-state index in [4.69, 9.17) is 4.74 Å². The van der Waals surface area contributed by atoms with Gasteiger partial charge in [-0.3, -0.25) is 14.9 Å². The Bertz CT molecular complexity index is 446. The Balaban J connectivity index is 2.43. The first kappa shape index (κ1) is 12.9. The number of carboxylic acid groups (broad SMARTS) is 1. The number of nitrogens with zero attached hydrogens (tertiary/aromatic N) is 3. The van der Waals surface area contributed by atoms with E-state index in [2.05, 4.69) is 9.97 Å². The van der Waals surface area contributed by atoms with Crippen molar-refractivity contribution < 1.29 is 14.6 Å². The zero-order chi connectivity index (χ0) is 13.2. The van der Waals surface area contributed by atoms with Gasteiger partial charge in [-0.1, -0.05) is 0 Å². The van der Waals surface area contributed by atoms with E-state index in [0.29, 0.717) is 37.7 Å². The van der Waals surface area contributed by atoms with E-state index in [1.165, 1.54) is 6.20 Å². The molecule has 0 aliphatic carbocycles. The fourth-order valence-corrected chi connectivity index (χ4v) is 2.28. The predicted octanol–water partition coefficient (Wildman–Crippen LogP) is 0.417. The minimum absolute atomic E-state index is 0.499. The molecular weight excluding hydrogens is 234 g/mol. The quantitative estimate of drug-likeness (QED) is 0.839. The molecule has 2 rings (SSSR count). The van der Waals surface area contributed by atoms with Crippen molar-refractivity contribution in [2.75, 3.05) is 26.3 Å². The molecule has 1 fully saturated rings. The molecule has 0 spiro atoms. The number of morpholine rings is 1. The highest BCUT2D eigenvalue weighted by atomic mass is 16.5. The average Bonchev–Trinajstić information content (AvgIpc) is 2.39. The Morgan fingerprint density at radius 3 is 2.56 bits per heavy atom. The molecule has 2 heterocycles. The molecule has 0 bridgehead atoms. The smallest absolute Gasteiger partial charge is 0.330 e. The van der Waals surface area contributed by atoms with Crippen LogP contribution in [-0.2, 0) is 15.1 Å². The number of ether oxygens (including phenoxy) is 1. The van der Waals surface area contributed by atoms with Gasteiger partial charge in [0, 0.05) is 25.5 Å². The number of carbonyl (C=O) groups is 1. The van der Waals surface area contributed by atoms with Crippen molar-refractivity contribution in [2.45, 2.75) is 19.4 Å². The fraction of sp³-hybridized carbons (Fsp3) is 0.583. The van der Waals surface area contributed by atoms with Crippen LogP contribution >= 0.6 is 0 Å². The molecule has 1 unspecified atom stereocenters. The van der Waals surface area contributed by atoms with Crippen LogP contribution in [0, 0.1) is 6.92 Å². The van der Waals surface area contributed by atoms with Crippen LogP contribution in [0.3, 0.4) is 0 Å². The molecule has 18 heavy (non-hydrogen) atoms. The van der Waals surface area contributed by atoms with E-state index in [-0.39, 0.29) is 0 Å². The molecule has 0 amide bonds. The van der Waals surface area contributed by atoms with Crippen LogP contribution in [0.15, 0.2) is 12.4 Å². The summed E-state index contributed by atoms with van der Waals surface area (Å²) in [6, 6.07) is 0. The van der Waals surface area contributed by atoms with E-state index in [1.807, 2.05) is 4.90 Å². The van der Waals surface area contributed by atoms with Gasteiger partial charge in [-0.15, -0.1) is 0 Å². The van der Waals surface area contributed by atoms with Gasteiger partial charge in [0.2, 0.25) is 0 Å². The van der Waals surface area contributed by atoms with Gasteiger partial charge >= 0.3 is 5.97 Å². The SMILES string of the molecule is Cc1nccnc1C(C)(C(=O)O)N1CCOCC1. The van der Waals surface area contributed by atoms with Crippen LogP contribution in [0.25, 0.3) is 0 Å². The molecule has 1 aliphatic heterocycles. The van der Waals surface area contributed by atoms with Crippen LogP contribution in [0.4, 0.5) is 0 Å². The Hall–Kier alpha value is -1.53. The second kappa shape index (κ2) is 4.99. The Labute approximate surface area is 106 Å². The first-order valence-corrected chi connectivity index (χ1v) is 5.91. The molecule has 1 atom stereocenters. The summed E-state index contributed by atoms with van der Waals surface area (Å²) in [5.41, 5.74) is -0.00410. The van der Waals surface area contributed by atoms with Gasteiger partial charge in [-0.05, 0) is 13.8 Å². The lowest BCUT2D eigenvalue weighted by Crippen LogP contribution is -2.55. The van der Waals surface area contributed by atoms with Crippen molar-refractivity contribution in [3.05, 3.63) is 23.8 Å². The highest BCUT2D eigenvalue weighted by molar-refractivity contribution is 5.80. The van der Waals surface area contributed by atoms with Crippen LogP contribution in [0.5, 0.6) is 0 Å². The molecule has 98 valence electrons. The normalized spacial score (nSPS) is 20.3. The lowest BCUT2D eigenvalue weighted by Gasteiger charge is -2.39. The largest absolute Gasteiger partial charge is 0.480 e. The maximum Gasteiger partial charge on any atom is 0.330 e. The first-order valence-electron chi connectivity index (χ1n) is 5.91. The van der Waals surface area contributed by atoms with E-state index < -0.39 is 11.5 Å². The molecule has 0 aromatic carbocycles. The highest BCUT2D eigenvalue weighted by Crippen LogP contribution is 2.29. The van der Waals surface area contributed by atoms with E-state index >= 15 is 0 Å². The summed E-state index contributed by atoms with van der Waals surface area (Å²) < 4.78 is 5.27. The standard InChI is InChI=1S/C12H17N3O3/c1-9-10(14-4-3-13-9)12(2,11(16)17)15-5-7-18-8-6-15/h3-4H,5-8H2,1-2H3,(H,16,17). The Morgan fingerprint density at radius 2 is 2.00 bits per heavy atom. The highest BCUT2D eigenvalue weighted by Gasteiger charge is 2.44. The lowest BCUT2D eigenvalue weighted by molar-refractivity contribution is -0.155. The molecule has 6 heteroatoms. The lowest BCUT2D eigenvalue weighted by atomic mass is 9.93. The molecule has 0 saturated carbocycles. The average molecular weight is 251 g/mol. The molecular formula is C12H17N3O3. The second-order valence-electron chi connectivity index (χ2n) is 4.47. The Kier molecular flexibility index (Phi) is 3.58. The zero-order valence-corrected chi connectivity index (χ0v) is 10.6. The topological polar surface area (TPSA) is 75.5 Å². The summed E-state index contributed by atoms with van der Waals surface area (Å²) in [6.45, 7) is 5.71. The summed E-state index contributed by atoms with van der Waals surface area (Å²) >= 11 is 0. The number of carboxylic acids is 1. The molecule has 6 nitrogen and oxygen atoms in total. The minimum Gasteiger partial charge on any atom is -0.480 e. The predicted molar refractivity (Wildman–Crippen MR) is 64.1 cm³/mol. The molecule has 1 saturated heterocycles. The molecule has 1 aromatic rings. The van der Waals surface area contributed by atoms with Crippen molar-refractivity contribution in [1.82, 2.24) is 14.9 Å². The van der Waals surface area contributed by atoms with E-state index in [0.717, 1.165) is 0 Å². The maximum atomic E-state index is 11.7. The second-order valence-corrected chi connectivity index (χ2v) is 4.47. The maximum absolute atomic E-state index is 11.7. The number of hydrogen-bond donors (Lipinski definition) is 1. The van der Waals surface area contributed by atoms with Crippen LogP contribution in [0.2, 0.25) is 0 Å². The van der Waals surface area contributed by atoms with Gasteiger partial charge in [0.25, 0.3) is 0 Å². The van der Waals surface area contributed by atoms with Gasteiger partial charge in [0.05, 0.1) is 24.6 Å². The molecule has 1 N–H and O–H groups in total. The Morgan fingerprint density at radius 1 is 1.39 bits per heavy atom. The monoisotopic (exact) mass is 251 g/mol. The number of rotatable bonds is 3. The number of aryl methyl sites for hydroxylation is 1. The van der Waals surface area contributed by atoms with E-state index in [9.17, 15) is 9.90 Å².